The van der Waals surface area contributed by atoms with Gasteiger partial charge < -0.3 is 15.5 Å². The first-order valence-electron chi connectivity index (χ1n) is 9.68. The van der Waals surface area contributed by atoms with E-state index in [1.54, 1.807) is 24.7 Å². The molecule has 0 aliphatic rings. The van der Waals surface area contributed by atoms with Gasteiger partial charge in [-0.2, -0.15) is 5.10 Å². The van der Waals surface area contributed by atoms with E-state index in [0.29, 0.717) is 33.8 Å². The highest BCUT2D eigenvalue weighted by Crippen LogP contribution is 2.34. The number of rotatable bonds is 5. The van der Waals surface area contributed by atoms with E-state index in [1.807, 2.05) is 6.92 Å². The van der Waals surface area contributed by atoms with E-state index >= 15 is 0 Å². The second kappa shape index (κ2) is 7.81. The third-order valence-electron chi connectivity index (χ3n) is 4.91. The largest absolute Gasteiger partial charge is 0.437 e. The summed E-state index contributed by atoms with van der Waals surface area (Å²) >= 11 is 0. The van der Waals surface area contributed by atoms with Gasteiger partial charge in [0.25, 0.3) is 11.6 Å². The number of nitrogens with two attached hydrogens (primary N) is 1. The fourth-order valence-electron chi connectivity index (χ4n) is 3.53. The molecule has 4 aromatic rings. The van der Waals surface area contributed by atoms with Gasteiger partial charge in [0.05, 0.1) is 16.1 Å². The molecule has 1 aromatic carbocycles. The summed E-state index contributed by atoms with van der Waals surface area (Å²) in [5, 5.41) is 18.6. The van der Waals surface area contributed by atoms with Crippen LogP contribution in [0.25, 0.3) is 33.3 Å². The minimum absolute atomic E-state index is 0.0597. The molecular formula is C19H19N9O5. The number of aromatic nitrogens is 6. The van der Waals surface area contributed by atoms with Gasteiger partial charge in [-0.05, 0) is 26.8 Å². The number of aromatic amines is 1. The lowest BCUT2D eigenvalue weighted by Gasteiger charge is -2.09. The molecule has 0 aliphatic heterocycles. The molecule has 2 amide bonds. The zero-order chi connectivity index (χ0) is 24.0. The smallest absolute Gasteiger partial charge is 0.405 e. The van der Waals surface area contributed by atoms with Crippen LogP contribution in [-0.2, 0) is 16.6 Å². The minimum Gasteiger partial charge on any atom is -0.437 e. The van der Waals surface area contributed by atoms with E-state index in [4.69, 9.17) is 5.73 Å². The molecule has 0 aliphatic carbocycles. The zero-order valence-electron chi connectivity index (χ0n) is 18.0. The van der Waals surface area contributed by atoms with E-state index in [2.05, 4.69) is 35.1 Å². The molecule has 3 aromatic heterocycles. The highest BCUT2D eigenvalue weighted by Gasteiger charge is 2.24. The summed E-state index contributed by atoms with van der Waals surface area (Å²) in [4.78, 5) is 50.2. The van der Waals surface area contributed by atoms with Crippen molar-refractivity contribution in [3.63, 3.8) is 0 Å². The second-order valence-corrected chi connectivity index (χ2v) is 7.33. The number of nitro groups is 1. The van der Waals surface area contributed by atoms with E-state index in [-0.39, 0.29) is 22.7 Å². The summed E-state index contributed by atoms with van der Waals surface area (Å²) in [5.74, 6) is -0.292. The van der Waals surface area contributed by atoms with Crippen molar-refractivity contribution in [2.75, 3.05) is 5.32 Å². The molecule has 0 fully saturated rings. The fourth-order valence-corrected chi connectivity index (χ4v) is 3.53. The predicted molar refractivity (Wildman–Crippen MR) is 116 cm³/mol. The van der Waals surface area contributed by atoms with Gasteiger partial charge >= 0.3 is 6.09 Å². The molecule has 0 radical (unpaired) electrons. The lowest BCUT2D eigenvalue weighted by molar-refractivity contribution is -0.383. The quantitative estimate of drug-likeness (QED) is 0.298. The van der Waals surface area contributed by atoms with Crippen molar-refractivity contribution in [3.05, 3.63) is 33.8 Å². The number of hydrogen-bond acceptors (Lipinski definition) is 9. The number of carbonyl (C=O) groups is 2. The highest BCUT2D eigenvalue weighted by molar-refractivity contribution is 5.99. The SMILES string of the molecule is Cc1nc(-c2cc([N+](=O)[O-])c3[nH]c(NC(=O)C(C)OC(N)=O)nc3c2)c2c(n1)c(C)nn2C. The Morgan fingerprint density at radius 2 is 2.00 bits per heavy atom. The number of nitrogens with zero attached hydrogens (tertiary/aromatic N) is 6. The molecule has 4 N–H and O–H groups in total. The Balaban J connectivity index is 1.84. The Bertz CT molecular complexity index is 1460. The van der Waals surface area contributed by atoms with E-state index in [1.165, 1.54) is 13.0 Å². The van der Waals surface area contributed by atoms with Gasteiger partial charge in [0.2, 0.25) is 5.95 Å². The molecule has 3 heterocycles. The summed E-state index contributed by atoms with van der Waals surface area (Å²) < 4.78 is 6.23. The average Bonchev–Trinajstić information content (AvgIpc) is 3.25. The van der Waals surface area contributed by atoms with Gasteiger partial charge in [-0.1, -0.05) is 0 Å². The van der Waals surface area contributed by atoms with E-state index in [9.17, 15) is 19.7 Å². The predicted octanol–water partition coefficient (Wildman–Crippen LogP) is 1.85. The molecule has 14 nitrogen and oxygen atoms in total. The number of non-ortho nitro benzene ring substituents is 1. The Hall–Kier alpha value is -4.62. The van der Waals surface area contributed by atoms with Gasteiger partial charge in [0.15, 0.2) is 6.10 Å². The first kappa shape index (κ1) is 21.6. The van der Waals surface area contributed by atoms with Crippen molar-refractivity contribution >= 4 is 45.7 Å². The van der Waals surface area contributed by atoms with Gasteiger partial charge in [-0.25, -0.2) is 19.7 Å². The summed E-state index contributed by atoms with van der Waals surface area (Å²) in [5.41, 5.74) is 7.83. The number of nitro benzene ring substituents is 1. The third kappa shape index (κ3) is 3.88. The first-order chi connectivity index (χ1) is 15.5. The van der Waals surface area contributed by atoms with Crippen LogP contribution in [0.2, 0.25) is 0 Å². The van der Waals surface area contributed by atoms with Crippen molar-refractivity contribution < 1.29 is 19.2 Å². The number of amides is 2. The highest BCUT2D eigenvalue weighted by atomic mass is 16.6. The van der Waals surface area contributed by atoms with Crippen LogP contribution in [0.1, 0.15) is 18.4 Å². The summed E-state index contributed by atoms with van der Waals surface area (Å²) in [6.07, 6.45) is -2.30. The molecule has 0 saturated heterocycles. The average molecular weight is 453 g/mol. The number of aryl methyl sites for hydroxylation is 3. The maximum atomic E-state index is 12.2. The molecule has 1 atom stereocenters. The topological polar surface area (TPSA) is 197 Å². The summed E-state index contributed by atoms with van der Waals surface area (Å²) in [6.45, 7) is 4.86. The van der Waals surface area contributed by atoms with Crippen LogP contribution in [-0.4, -0.2) is 52.7 Å². The normalized spacial score (nSPS) is 12.1. The van der Waals surface area contributed by atoms with Crippen LogP contribution >= 0.6 is 0 Å². The molecule has 1 unspecified atom stereocenters. The van der Waals surface area contributed by atoms with Gasteiger partial charge in [0, 0.05) is 18.7 Å². The lowest BCUT2D eigenvalue weighted by atomic mass is 10.1. The van der Waals surface area contributed by atoms with Crippen molar-refractivity contribution in [2.45, 2.75) is 26.9 Å². The minimum atomic E-state index is -1.19. The maximum absolute atomic E-state index is 12.2. The monoisotopic (exact) mass is 453 g/mol. The third-order valence-corrected chi connectivity index (χ3v) is 4.91. The van der Waals surface area contributed by atoms with Gasteiger partial charge in [0.1, 0.15) is 28.1 Å². The number of fused-ring (bicyclic) bond motifs is 2. The molecule has 170 valence electrons. The second-order valence-electron chi connectivity index (χ2n) is 7.33. The Labute approximate surface area is 185 Å². The molecule has 0 bridgehead atoms. The number of nitrogens with one attached hydrogen (secondary N) is 2. The van der Waals surface area contributed by atoms with Crippen LogP contribution in [0.5, 0.6) is 0 Å². The number of hydrogen-bond donors (Lipinski definition) is 3. The number of anilines is 1. The van der Waals surface area contributed by atoms with Crippen LogP contribution in [0.3, 0.4) is 0 Å². The maximum Gasteiger partial charge on any atom is 0.405 e. The Kier molecular flexibility index (Phi) is 5.12. The Morgan fingerprint density at radius 3 is 2.67 bits per heavy atom. The van der Waals surface area contributed by atoms with Gasteiger partial charge in [-0.3, -0.25) is 24.9 Å². The molecule has 0 saturated carbocycles. The molecule has 0 spiro atoms. The number of benzene rings is 1. The summed E-state index contributed by atoms with van der Waals surface area (Å²) in [7, 11) is 1.74. The number of primary amides is 1. The van der Waals surface area contributed by atoms with E-state index in [0.717, 1.165) is 0 Å². The molecule has 33 heavy (non-hydrogen) atoms. The number of H-pyrrole nitrogens is 1. The lowest BCUT2D eigenvalue weighted by Crippen LogP contribution is -2.32. The fraction of sp³-hybridized carbons (Fsp3) is 0.263. The van der Waals surface area contributed by atoms with Crippen LogP contribution in [0.4, 0.5) is 16.4 Å². The van der Waals surface area contributed by atoms with Crippen molar-refractivity contribution in [1.29, 1.82) is 0 Å². The van der Waals surface area contributed by atoms with Crippen molar-refractivity contribution in [1.82, 2.24) is 29.7 Å². The summed E-state index contributed by atoms with van der Waals surface area (Å²) in [6, 6.07) is 2.98. The molecular weight excluding hydrogens is 434 g/mol. The van der Waals surface area contributed by atoms with Crippen LogP contribution in [0.15, 0.2) is 12.1 Å². The van der Waals surface area contributed by atoms with Crippen LogP contribution < -0.4 is 11.1 Å². The van der Waals surface area contributed by atoms with Crippen molar-refractivity contribution in [3.8, 4) is 11.3 Å². The van der Waals surface area contributed by atoms with E-state index < -0.39 is 23.0 Å². The van der Waals surface area contributed by atoms with Crippen molar-refractivity contribution in [2.24, 2.45) is 12.8 Å². The zero-order valence-corrected chi connectivity index (χ0v) is 18.0. The standard InChI is InChI=1S/C19H19N9O5/c1-7-13-16(27(4)26-7)14(22-9(3)21-13)10-5-11-15(12(6-10)28(31)32)24-19(23-11)25-17(29)8(2)33-18(20)30/h5-6,8H,1-4H3,(H2,20,30)(H2,23,24,25,29). The number of ether oxygens (including phenoxy) is 1. The first-order valence-corrected chi connectivity index (χ1v) is 9.68. The number of carbonyl (C=O) groups excluding carboxylic acids is 2. The van der Waals surface area contributed by atoms with Gasteiger partial charge in [-0.15, -0.1) is 0 Å². The molecule has 14 heteroatoms. The number of imidazole rings is 1. The molecule has 4 rings (SSSR count). The van der Waals surface area contributed by atoms with Crippen LogP contribution in [0, 0.1) is 24.0 Å². The Morgan fingerprint density at radius 1 is 1.27 bits per heavy atom.